The fourth-order valence-corrected chi connectivity index (χ4v) is 4.70. The number of rotatable bonds is 4. The predicted octanol–water partition coefficient (Wildman–Crippen LogP) is 4.17. The van der Waals surface area contributed by atoms with Crippen LogP contribution >= 0.6 is 22.9 Å². The lowest BCUT2D eigenvalue weighted by molar-refractivity contribution is 0.0467. The second-order valence-corrected chi connectivity index (χ2v) is 7.79. The van der Waals surface area contributed by atoms with Gasteiger partial charge in [-0.3, -0.25) is 0 Å². The molecule has 1 unspecified atom stereocenters. The highest BCUT2D eigenvalue weighted by atomic mass is 35.5. The van der Waals surface area contributed by atoms with Gasteiger partial charge in [-0.25, -0.2) is 0 Å². The van der Waals surface area contributed by atoms with E-state index in [0.717, 1.165) is 10.3 Å². The largest absolute Gasteiger partial charge is 0.311 e. The van der Waals surface area contributed by atoms with Gasteiger partial charge in [-0.15, -0.1) is 11.3 Å². The molecule has 0 aliphatic heterocycles. The molecule has 0 radical (unpaired) electrons. The summed E-state index contributed by atoms with van der Waals surface area (Å²) in [7, 11) is 6.51. The van der Waals surface area contributed by atoms with E-state index in [9.17, 15) is 0 Å². The predicted molar refractivity (Wildman–Crippen MR) is 85.2 cm³/mol. The van der Waals surface area contributed by atoms with Crippen LogP contribution in [0.5, 0.6) is 0 Å². The van der Waals surface area contributed by atoms with Crippen molar-refractivity contribution in [1.29, 1.82) is 0 Å². The standard InChI is InChI=1S/C15H25ClN2S/c1-11-7-9-15(10-8-11,18(3)4)14(17-2)12-5-6-13(16)19-12/h5-6,11,14,17H,7-10H2,1-4H3. The van der Waals surface area contributed by atoms with Crippen molar-refractivity contribution < 1.29 is 0 Å². The van der Waals surface area contributed by atoms with Gasteiger partial charge in [-0.1, -0.05) is 18.5 Å². The normalized spacial score (nSPS) is 29.7. The SMILES string of the molecule is CNC(c1ccc(Cl)s1)C1(N(C)C)CCC(C)CC1. The number of thiophene rings is 1. The van der Waals surface area contributed by atoms with E-state index in [1.165, 1.54) is 30.6 Å². The highest BCUT2D eigenvalue weighted by Gasteiger charge is 2.43. The molecule has 1 aliphatic rings. The number of hydrogen-bond donors (Lipinski definition) is 1. The Kier molecular flexibility index (Phi) is 4.93. The van der Waals surface area contributed by atoms with E-state index in [1.54, 1.807) is 11.3 Å². The molecule has 1 fully saturated rings. The van der Waals surface area contributed by atoms with Crippen LogP contribution in [0, 0.1) is 5.92 Å². The van der Waals surface area contributed by atoms with Crippen LogP contribution in [0.25, 0.3) is 0 Å². The summed E-state index contributed by atoms with van der Waals surface area (Å²) in [4.78, 5) is 3.78. The van der Waals surface area contributed by atoms with Gasteiger partial charge in [0.05, 0.1) is 10.4 Å². The topological polar surface area (TPSA) is 15.3 Å². The Hall–Kier alpha value is -0.0900. The van der Waals surface area contributed by atoms with Crippen LogP contribution in [-0.4, -0.2) is 31.6 Å². The Morgan fingerprint density at radius 3 is 2.42 bits per heavy atom. The molecule has 1 aromatic heterocycles. The Morgan fingerprint density at radius 1 is 1.37 bits per heavy atom. The minimum Gasteiger partial charge on any atom is -0.311 e. The first-order chi connectivity index (χ1) is 8.99. The van der Waals surface area contributed by atoms with E-state index in [0.29, 0.717) is 6.04 Å². The molecule has 1 heterocycles. The van der Waals surface area contributed by atoms with Crippen molar-refractivity contribution in [2.24, 2.45) is 5.92 Å². The van der Waals surface area contributed by atoms with E-state index in [1.807, 2.05) is 6.07 Å². The Bertz CT molecular complexity index is 408. The van der Waals surface area contributed by atoms with E-state index in [2.05, 4.69) is 44.3 Å². The quantitative estimate of drug-likeness (QED) is 0.897. The van der Waals surface area contributed by atoms with Crippen molar-refractivity contribution in [1.82, 2.24) is 10.2 Å². The second kappa shape index (κ2) is 6.13. The first kappa shape index (κ1) is 15.3. The smallest absolute Gasteiger partial charge is 0.0931 e. The molecule has 19 heavy (non-hydrogen) atoms. The van der Waals surface area contributed by atoms with E-state index in [4.69, 9.17) is 11.6 Å². The Labute approximate surface area is 126 Å². The summed E-state index contributed by atoms with van der Waals surface area (Å²) in [5.41, 5.74) is 0.218. The lowest BCUT2D eigenvalue weighted by Gasteiger charge is -2.49. The lowest BCUT2D eigenvalue weighted by atomic mass is 9.71. The molecule has 1 aromatic rings. The van der Waals surface area contributed by atoms with E-state index < -0.39 is 0 Å². The zero-order valence-corrected chi connectivity index (χ0v) is 13.9. The molecule has 2 rings (SSSR count). The van der Waals surface area contributed by atoms with Gasteiger partial charge in [0.15, 0.2) is 0 Å². The van der Waals surface area contributed by atoms with Crippen molar-refractivity contribution in [3.63, 3.8) is 0 Å². The van der Waals surface area contributed by atoms with Gasteiger partial charge >= 0.3 is 0 Å². The summed E-state index contributed by atoms with van der Waals surface area (Å²) in [5.74, 6) is 0.859. The van der Waals surface area contributed by atoms with Crippen molar-refractivity contribution in [3.05, 3.63) is 21.3 Å². The Morgan fingerprint density at radius 2 is 2.00 bits per heavy atom. The molecule has 0 bridgehead atoms. The van der Waals surface area contributed by atoms with Crippen molar-refractivity contribution in [3.8, 4) is 0 Å². The van der Waals surface area contributed by atoms with E-state index >= 15 is 0 Å². The van der Waals surface area contributed by atoms with Gasteiger partial charge in [0.25, 0.3) is 0 Å². The molecular formula is C15H25ClN2S. The van der Waals surface area contributed by atoms with E-state index in [-0.39, 0.29) is 5.54 Å². The summed E-state index contributed by atoms with van der Waals surface area (Å²) in [5, 5.41) is 3.55. The van der Waals surface area contributed by atoms with Crippen LogP contribution < -0.4 is 5.32 Å². The minimum atomic E-state index is 0.218. The van der Waals surface area contributed by atoms with Gasteiger partial charge in [0.2, 0.25) is 0 Å². The maximum absolute atomic E-state index is 6.13. The van der Waals surface area contributed by atoms with Crippen LogP contribution in [0.4, 0.5) is 0 Å². The first-order valence-electron chi connectivity index (χ1n) is 7.09. The number of nitrogens with one attached hydrogen (secondary N) is 1. The lowest BCUT2D eigenvalue weighted by Crippen LogP contribution is -2.54. The average Bonchev–Trinajstić information content (AvgIpc) is 2.79. The summed E-state index contributed by atoms with van der Waals surface area (Å²) >= 11 is 7.83. The molecule has 1 aliphatic carbocycles. The Balaban J connectivity index is 2.31. The molecular weight excluding hydrogens is 276 g/mol. The molecule has 0 saturated heterocycles. The number of hydrogen-bond acceptors (Lipinski definition) is 3. The third kappa shape index (κ3) is 2.99. The zero-order chi connectivity index (χ0) is 14.0. The monoisotopic (exact) mass is 300 g/mol. The van der Waals surface area contributed by atoms with Crippen LogP contribution in [0.2, 0.25) is 4.34 Å². The highest BCUT2D eigenvalue weighted by Crippen LogP contribution is 2.45. The third-order valence-electron chi connectivity index (χ3n) is 4.74. The van der Waals surface area contributed by atoms with Crippen LogP contribution in [-0.2, 0) is 0 Å². The second-order valence-electron chi connectivity index (χ2n) is 6.04. The first-order valence-corrected chi connectivity index (χ1v) is 8.29. The number of nitrogens with zero attached hydrogens (tertiary/aromatic N) is 1. The van der Waals surface area contributed by atoms with Gasteiger partial charge in [0, 0.05) is 10.4 Å². The number of likely N-dealkylation sites (N-methyl/N-ethyl adjacent to an activating group) is 2. The molecule has 1 saturated carbocycles. The summed E-state index contributed by atoms with van der Waals surface area (Å²) in [6.45, 7) is 2.37. The van der Waals surface area contributed by atoms with Crippen molar-refractivity contribution in [2.75, 3.05) is 21.1 Å². The fourth-order valence-electron chi connectivity index (χ4n) is 3.42. The molecule has 1 N–H and O–H groups in total. The fraction of sp³-hybridized carbons (Fsp3) is 0.733. The molecule has 0 aromatic carbocycles. The summed E-state index contributed by atoms with van der Waals surface area (Å²) < 4.78 is 0.883. The third-order valence-corrected chi connectivity index (χ3v) is 6.03. The maximum atomic E-state index is 6.13. The molecule has 1 atom stereocenters. The molecule has 0 amide bonds. The van der Waals surface area contributed by atoms with Crippen LogP contribution in [0.3, 0.4) is 0 Å². The average molecular weight is 301 g/mol. The zero-order valence-electron chi connectivity index (χ0n) is 12.4. The van der Waals surface area contributed by atoms with Gasteiger partial charge in [-0.05, 0) is 64.9 Å². The molecule has 0 spiro atoms. The molecule has 2 nitrogen and oxygen atoms in total. The van der Waals surface area contributed by atoms with Crippen molar-refractivity contribution >= 4 is 22.9 Å². The van der Waals surface area contributed by atoms with Crippen LogP contribution in [0.1, 0.15) is 43.5 Å². The summed E-state index contributed by atoms with van der Waals surface area (Å²) in [6.07, 6.45) is 5.13. The minimum absolute atomic E-state index is 0.218. The van der Waals surface area contributed by atoms with Gasteiger partial charge in [-0.2, -0.15) is 0 Å². The van der Waals surface area contributed by atoms with Gasteiger partial charge in [0.1, 0.15) is 0 Å². The van der Waals surface area contributed by atoms with Crippen LogP contribution in [0.15, 0.2) is 12.1 Å². The summed E-state index contributed by atoms with van der Waals surface area (Å²) in [6, 6.07) is 4.56. The van der Waals surface area contributed by atoms with Gasteiger partial charge < -0.3 is 10.2 Å². The maximum Gasteiger partial charge on any atom is 0.0931 e. The number of halogens is 1. The highest BCUT2D eigenvalue weighted by molar-refractivity contribution is 7.16. The van der Waals surface area contributed by atoms with Crippen molar-refractivity contribution in [2.45, 2.75) is 44.2 Å². The molecule has 4 heteroatoms. The molecule has 108 valence electrons.